The van der Waals surface area contributed by atoms with Crippen LogP contribution in [0.15, 0.2) is 6.07 Å². The highest BCUT2D eigenvalue weighted by Crippen LogP contribution is 2.26. The summed E-state index contributed by atoms with van der Waals surface area (Å²) in [6.45, 7) is 6.23. The van der Waals surface area contributed by atoms with Gasteiger partial charge in [-0.3, -0.25) is 10.00 Å². The van der Waals surface area contributed by atoms with Gasteiger partial charge in [0.25, 0.3) is 0 Å². The Morgan fingerprint density at radius 2 is 2.10 bits per heavy atom. The maximum absolute atomic E-state index is 10.3. The highest BCUT2D eigenvalue weighted by molar-refractivity contribution is 5.09. The van der Waals surface area contributed by atoms with Gasteiger partial charge in [0.2, 0.25) is 0 Å². The number of nitrogens with zero attached hydrogens (tertiary/aromatic N) is 3. The number of aromatic amines is 1. The predicted octanol–water partition coefficient (Wildman–Crippen LogP) is 0.648. The molecule has 1 aromatic rings. The van der Waals surface area contributed by atoms with Gasteiger partial charge in [-0.1, -0.05) is 0 Å². The van der Waals surface area contributed by atoms with Crippen molar-refractivity contribution in [3.05, 3.63) is 17.5 Å². The number of aromatic nitrogens is 2. The summed E-state index contributed by atoms with van der Waals surface area (Å²) in [5.74, 6) is 0.331. The minimum Gasteiger partial charge on any atom is -0.391 e. The number of nitrogens with one attached hydrogen (secondary N) is 1. The number of aliphatic hydroxyl groups excluding tert-OH is 1. The smallest absolute Gasteiger partial charge is 0.0711 e. The first kappa shape index (κ1) is 14.0. The van der Waals surface area contributed by atoms with Crippen molar-refractivity contribution in [2.75, 3.05) is 33.2 Å². The molecule has 0 saturated carbocycles. The molecule has 0 unspecified atom stereocenters. The van der Waals surface area contributed by atoms with E-state index in [1.54, 1.807) is 0 Å². The summed E-state index contributed by atoms with van der Waals surface area (Å²) in [5, 5.41) is 17.6. The van der Waals surface area contributed by atoms with Crippen LogP contribution in [0.4, 0.5) is 0 Å². The van der Waals surface area contributed by atoms with Gasteiger partial charge in [0, 0.05) is 30.7 Å². The second kappa shape index (κ2) is 5.84. The van der Waals surface area contributed by atoms with Crippen molar-refractivity contribution in [2.24, 2.45) is 5.92 Å². The Morgan fingerprint density at radius 1 is 1.35 bits per heavy atom. The first-order chi connectivity index (χ1) is 9.61. The van der Waals surface area contributed by atoms with Gasteiger partial charge < -0.3 is 10.0 Å². The molecular formula is C15H26N4O. The van der Waals surface area contributed by atoms with Gasteiger partial charge >= 0.3 is 0 Å². The lowest BCUT2D eigenvalue weighted by atomic mass is 10.00. The standard InChI is InChI=1S/C15H26N4O/c1-11-7-13(17-16-11)8-12-9-19(10-15(12)20)14-3-5-18(2)6-4-14/h7,12,14-15,20H,3-6,8-10H2,1-2H3,(H,16,17)/t12-,15-/m1/s1. The molecule has 0 spiro atoms. The Hall–Kier alpha value is -0.910. The Labute approximate surface area is 121 Å². The van der Waals surface area contributed by atoms with Crippen LogP contribution in [0, 0.1) is 12.8 Å². The molecule has 0 radical (unpaired) electrons. The summed E-state index contributed by atoms with van der Waals surface area (Å²) in [6.07, 6.45) is 3.15. The van der Waals surface area contributed by atoms with Crippen molar-refractivity contribution in [3.8, 4) is 0 Å². The van der Waals surface area contributed by atoms with Crippen LogP contribution >= 0.6 is 0 Å². The van der Waals surface area contributed by atoms with Crippen LogP contribution in [-0.2, 0) is 6.42 Å². The molecule has 3 heterocycles. The fraction of sp³-hybridized carbons (Fsp3) is 0.800. The monoisotopic (exact) mass is 278 g/mol. The molecule has 2 atom stereocenters. The van der Waals surface area contributed by atoms with Crippen LogP contribution in [0.2, 0.25) is 0 Å². The molecule has 2 aliphatic heterocycles. The van der Waals surface area contributed by atoms with Crippen LogP contribution in [0.5, 0.6) is 0 Å². The molecule has 0 aliphatic carbocycles. The van der Waals surface area contributed by atoms with Crippen molar-refractivity contribution < 1.29 is 5.11 Å². The molecule has 3 rings (SSSR count). The Balaban J connectivity index is 1.56. The lowest BCUT2D eigenvalue weighted by Crippen LogP contribution is -2.43. The van der Waals surface area contributed by atoms with Crippen molar-refractivity contribution >= 4 is 0 Å². The molecule has 112 valence electrons. The van der Waals surface area contributed by atoms with E-state index in [0.29, 0.717) is 12.0 Å². The topological polar surface area (TPSA) is 55.4 Å². The van der Waals surface area contributed by atoms with E-state index in [4.69, 9.17) is 0 Å². The summed E-state index contributed by atoms with van der Waals surface area (Å²) < 4.78 is 0. The quantitative estimate of drug-likeness (QED) is 0.852. The number of aryl methyl sites for hydroxylation is 1. The lowest BCUT2D eigenvalue weighted by Gasteiger charge is -2.35. The van der Waals surface area contributed by atoms with Gasteiger partial charge in [-0.2, -0.15) is 5.10 Å². The molecule has 1 aromatic heterocycles. The Morgan fingerprint density at radius 3 is 2.75 bits per heavy atom. The Kier molecular flexibility index (Phi) is 4.10. The van der Waals surface area contributed by atoms with E-state index in [1.165, 1.54) is 25.9 Å². The Bertz CT molecular complexity index is 439. The molecule has 0 bridgehead atoms. The van der Waals surface area contributed by atoms with Crippen LogP contribution in [-0.4, -0.2) is 70.5 Å². The number of piperidine rings is 1. The van der Waals surface area contributed by atoms with Crippen LogP contribution in [0.3, 0.4) is 0 Å². The fourth-order valence-corrected chi connectivity index (χ4v) is 3.59. The molecule has 5 nitrogen and oxygen atoms in total. The normalized spacial score (nSPS) is 30.1. The fourth-order valence-electron chi connectivity index (χ4n) is 3.59. The lowest BCUT2D eigenvalue weighted by molar-refractivity contribution is 0.115. The third kappa shape index (κ3) is 3.05. The summed E-state index contributed by atoms with van der Waals surface area (Å²) in [6, 6.07) is 2.75. The van der Waals surface area contributed by atoms with Gasteiger partial charge in [-0.05, 0) is 52.4 Å². The molecule has 2 N–H and O–H groups in total. The van der Waals surface area contributed by atoms with Gasteiger partial charge in [-0.25, -0.2) is 0 Å². The van der Waals surface area contributed by atoms with E-state index in [1.807, 2.05) is 6.92 Å². The number of β-amino-alcohol motifs (C(OH)–C–C–N with tert-alkyl or cyclic N) is 1. The highest BCUT2D eigenvalue weighted by atomic mass is 16.3. The number of rotatable bonds is 3. The van der Waals surface area contributed by atoms with E-state index in [9.17, 15) is 5.11 Å². The molecule has 20 heavy (non-hydrogen) atoms. The average molecular weight is 278 g/mol. The summed E-state index contributed by atoms with van der Waals surface area (Å²) in [7, 11) is 2.19. The molecule has 0 amide bonds. The highest BCUT2D eigenvalue weighted by Gasteiger charge is 2.36. The van der Waals surface area contributed by atoms with Gasteiger partial charge in [0.1, 0.15) is 0 Å². The van der Waals surface area contributed by atoms with E-state index in [2.05, 4.69) is 33.1 Å². The first-order valence-electron chi connectivity index (χ1n) is 7.73. The number of hydrogen-bond acceptors (Lipinski definition) is 4. The summed E-state index contributed by atoms with van der Waals surface area (Å²) >= 11 is 0. The molecular weight excluding hydrogens is 252 g/mol. The number of H-pyrrole nitrogens is 1. The third-order valence-electron chi connectivity index (χ3n) is 4.87. The molecule has 0 aromatic carbocycles. The molecule has 2 fully saturated rings. The maximum atomic E-state index is 10.3. The van der Waals surface area contributed by atoms with Gasteiger partial charge in [0.15, 0.2) is 0 Å². The largest absolute Gasteiger partial charge is 0.391 e. The van der Waals surface area contributed by atoms with Crippen LogP contribution in [0.25, 0.3) is 0 Å². The van der Waals surface area contributed by atoms with Crippen molar-refractivity contribution in [1.29, 1.82) is 0 Å². The number of aliphatic hydroxyl groups is 1. The zero-order chi connectivity index (χ0) is 14.1. The number of likely N-dealkylation sites (tertiary alicyclic amines) is 2. The van der Waals surface area contributed by atoms with E-state index < -0.39 is 0 Å². The second-order valence-electron chi connectivity index (χ2n) is 6.56. The van der Waals surface area contributed by atoms with E-state index >= 15 is 0 Å². The van der Waals surface area contributed by atoms with Crippen LogP contribution in [0.1, 0.15) is 24.2 Å². The number of hydrogen-bond donors (Lipinski definition) is 2. The van der Waals surface area contributed by atoms with Crippen LogP contribution < -0.4 is 0 Å². The maximum Gasteiger partial charge on any atom is 0.0711 e. The minimum atomic E-state index is -0.202. The summed E-state index contributed by atoms with van der Waals surface area (Å²) in [5.41, 5.74) is 2.18. The third-order valence-corrected chi connectivity index (χ3v) is 4.87. The van der Waals surface area contributed by atoms with Crippen molar-refractivity contribution in [3.63, 3.8) is 0 Å². The predicted molar refractivity (Wildman–Crippen MR) is 78.6 cm³/mol. The SMILES string of the molecule is Cc1cc(C[C@@H]2CN(C3CCN(C)CC3)C[C@H]2O)n[nH]1. The summed E-state index contributed by atoms with van der Waals surface area (Å²) in [4.78, 5) is 4.90. The molecule has 2 aliphatic rings. The molecule has 2 saturated heterocycles. The second-order valence-corrected chi connectivity index (χ2v) is 6.56. The first-order valence-corrected chi connectivity index (χ1v) is 7.73. The molecule has 5 heteroatoms. The van der Waals surface area contributed by atoms with E-state index in [0.717, 1.165) is 30.9 Å². The van der Waals surface area contributed by atoms with Gasteiger partial charge in [-0.15, -0.1) is 0 Å². The zero-order valence-electron chi connectivity index (χ0n) is 12.5. The zero-order valence-corrected chi connectivity index (χ0v) is 12.5. The van der Waals surface area contributed by atoms with E-state index in [-0.39, 0.29) is 6.10 Å². The minimum absolute atomic E-state index is 0.202. The van der Waals surface area contributed by atoms with Crippen molar-refractivity contribution in [1.82, 2.24) is 20.0 Å². The average Bonchev–Trinajstić information content (AvgIpc) is 2.98. The van der Waals surface area contributed by atoms with Crippen molar-refractivity contribution in [2.45, 2.75) is 38.3 Å². The van der Waals surface area contributed by atoms with Gasteiger partial charge in [0.05, 0.1) is 11.8 Å².